The van der Waals surface area contributed by atoms with Crippen molar-refractivity contribution >= 4 is 17.5 Å². The molecular formula is C19H24ClFN4O2. The summed E-state index contributed by atoms with van der Waals surface area (Å²) in [6, 6.07) is 5.89. The van der Waals surface area contributed by atoms with Crippen LogP contribution in [-0.2, 0) is 11.3 Å². The van der Waals surface area contributed by atoms with Gasteiger partial charge in [-0.1, -0.05) is 31.5 Å². The summed E-state index contributed by atoms with van der Waals surface area (Å²) in [5.41, 5.74) is 0.823. The summed E-state index contributed by atoms with van der Waals surface area (Å²) in [7, 11) is 0. The largest absolute Gasteiger partial charge is 0.378 e. The average Bonchev–Trinajstić information content (AvgIpc) is 2.64. The first-order valence-corrected chi connectivity index (χ1v) is 9.43. The lowest BCUT2D eigenvalue weighted by Gasteiger charge is -2.28. The lowest BCUT2D eigenvalue weighted by Crippen LogP contribution is -2.39. The number of morpholine rings is 1. The van der Waals surface area contributed by atoms with E-state index >= 15 is 0 Å². The minimum atomic E-state index is -0.356. The van der Waals surface area contributed by atoms with Crippen molar-refractivity contribution in [3.8, 4) is 0 Å². The van der Waals surface area contributed by atoms with Crippen LogP contribution in [0.4, 0.5) is 10.3 Å². The smallest absolute Gasteiger partial charge is 0.252 e. The maximum absolute atomic E-state index is 14.1. The highest BCUT2D eigenvalue weighted by Crippen LogP contribution is 2.24. The molecule has 1 aliphatic rings. The molecule has 146 valence electrons. The second-order valence-corrected chi connectivity index (χ2v) is 7.30. The molecule has 0 radical (unpaired) electrons. The molecule has 0 saturated carbocycles. The molecule has 0 bridgehead atoms. The van der Waals surface area contributed by atoms with Crippen LogP contribution in [0, 0.1) is 11.7 Å². The van der Waals surface area contributed by atoms with Gasteiger partial charge in [0, 0.05) is 36.3 Å². The van der Waals surface area contributed by atoms with Gasteiger partial charge in [-0.3, -0.25) is 9.78 Å². The highest BCUT2D eigenvalue weighted by atomic mass is 35.5. The monoisotopic (exact) mass is 394 g/mol. The Hall–Kier alpha value is -1.96. The molecule has 0 spiro atoms. The van der Waals surface area contributed by atoms with Crippen LogP contribution >= 0.6 is 11.6 Å². The first-order chi connectivity index (χ1) is 13.0. The normalized spacial score (nSPS) is 16.0. The number of hydrogen-bond donors (Lipinski definition) is 2. The summed E-state index contributed by atoms with van der Waals surface area (Å²) >= 11 is 6.12. The average molecular weight is 395 g/mol. The lowest BCUT2D eigenvalue weighted by molar-refractivity contribution is 0.122. The summed E-state index contributed by atoms with van der Waals surface area (Å²) in [6.45, 7) is 6.86. The number of halogens is 2. The number of rotatable bonds is 6. The SMILES string of the molecule is CC(C)C(NCc1c(F)cccc1Cl)c1cc(=O)[nH]c(N2CCOCC2)n1. The second kappa shape index (κ2) is 8.82. The van der Waals surface area contributed by atoms with Gasteiger partial charge in [-0.25, -0.2) is 9.37 Å². The van der Waals surface area contributed by atoms with Gasteiger partial charge in [-0.15, -0.1) is 0 Å². The number of benzene rings is 1. The fraction of sp³-hybridized carbons (Fsp3) is 0.474. The quantitative estimate of drug-likeness (QED) is 0.788. The van der Waals surface area contributed by atoms with Gasteiger partial charge in [0.15, 0.2) is 0 Å². The van der Waals surface area contributed by atoms with Gasteiger partial charge >= 0.3 is 0 Å². The number of aromatic amines is 1. The number of nitrogens with one attached hydrogen (secondary N) is 2. The summed E-state index contributed by atoms with van der Waals surface area (Å²) in [5, 5.41) is 3.68. The van der Waals surface area contributed by atoms with Crippen LogP contribution in [0.25, 0.3) is 0 Å². The highest BCUT2D eigenvalue weighted by Gasteiger charge is 2.21. The Morgan fingerprint density at radius 1 is 1.37 bits per heavy atom. The van der Waals surface area contributed by atoms with Crippen molar-refractivity contribution in [1.29, 1.82) is 0 Å². The molecule has 1 unspecified atom stereocenters. The Bertz CT molecular complexity index is 816. The number of ether oxygens (including phenoxy) is 1. The van der Waals surface area contributed by atoms with E-state index in [4.69, 9.17) is 16.3 Å². The number of H-pyrrole nitrogens is 1. The Morgan fingerprint density at radius 3 is 2.78 bits per heavy atom. The van der Waals surface area contributed by atoms with Crippen LogP contribution in [0.3, 0.4) is 0 Å². The first kappa shape index (κ1) is 19.8. The van der Waals surface area contributed by atoms with E-state index in [-0.39, 0.29) is 29.9 Å². The molecule has 2 aromatic rings. The van der Waals surface area contributed by atoms with Gasteiger partial charge in [0.2, 0.25) is 5.95 Å². The molecule has 3 rings (SSSR count). The Kier molecular flexibility index (Phi) is 6.46. The van der Waals surface area contributed by atoms with Crippen molar-refractivity contribution in [2.75, 3.05) is 31.2 Å². The molecule has 2 N–H and O–H groups in total. The molecule has 2 heterocycles. The van der Waals surface area contributed by atoms with E-state index in [2.05, 4.69) is 15.3 Å². The predicted octanol–water partition coefficient (Wildman–Crippen LogP) is 2.89. The lowest BCUT2D eigenvalue weighted by atomic mass is 10.00. The zero-order valence-electron chi connectivity index (χ0n) is 15.5. The minimum Gasteiger partial charge on any atom is -0.378 e. The van der Waals surface area contributed by atoms with Gasteiger partial charge in [0.1, 0.15) is 5.82 Å². The summed E-state index contributed by atoms with van der Waals surface area (Å²) in [5.74, 6) is 0.324. The van der Waals surface area contributed by atoms with Crippen molar-refractivity contribution in [3.05, 3.63) is 56.7 Å². The van der Waals surface area contributed by atoms with E-state index in [0.29, 0.717) is 48.5 Å². The van der Waals surface area contributed by atoms with Gasteiger partial charge in [-0.05, 0) is 18.1 Å². The fourth-order valence-electron chi connectivity index (χ4n) is 3.14. The standard InChI is InChI=1S/C19H24ClFN4O2/c1-12(2)18(22-11-13-14(20)4-3-5-15(13)21)16-10-17(26)24-19(23-16)25-6-8-27-9-7-25/h3-5,10,12,18,22H,6-9,11H2,1-2H3,(H,23,24,26). The predicted molar refractivity (Wildman–Crippen MR) is 104 cm³/mol. The Morgan fingerprint density at radius 2 is 2.11 bits per heavy atom. The third-order valence-corrected chi connectivity index (χ3v) is 4.96. The third-order valence-electron chi connectivity index (χ3n) is 4.61. The highest BCUT2D eigenvalue weighted by molar-refractivity contribution is 6.31. The van der Waals surface area contributed by atoms with Gasteiger partial charge in [0.25, 0.3) is 5.56 Å². The van der Waals surface area contributed by atoms with Gasteiger partial charge in [-0.2, -0.15) is 0 Å². The van der Waals surface area contributed by atoms with Crippen LogP contribution in [0.5, 0.6) is 0 Å². The van der Waals surface area contributed by atoms with Crippen LogP contribution in [0.15, 0.2) is 29.1 Å². The first-order valence-electron chi connectivity index (χ1n) is 9.06. The summed E-state index contributed by atoms with van der Waals surface area (Å²) in [4.78, 5) is 21.7. The maximum Gasteiger partial charge on any atom is 0.252 e. The molecule has 1 saturated heterocycles. The zero-order chi connectivity index (χ0) is 19.4. The Balaban J connectivity index is 1.84. The molecule has 1 atom stereocenters. The number of anilines is 1. The molecule has 1 aromatic carbocycles. The molecular weight excluding hydrogens is 371 g/mol. The van der Waals surface area contributed by atoms with Crippen LogP contribution in [-0.4, -0.2) is 36.3 Å². The van der Waals surface area contributed by atoms with Crippen molar-refractivity contribution in [2.24, 2.45) is 5.92 Å². The van der Waals surface area contributed by atoms with E-state index in [1.807, 2.05) is 18.7 Å². The van der Waals surface area contributed by atoms with Crippen LogP contribution < -0.4 is 15.8 Å². The number of hydrogen-bond acceptors (Lipinski definition) is 5. The van der Waals surface area contributed by atoms with E-state index in [1.165, 1.54) is 12.1 Å². The van der Waals surface area contributed by atoms with Gasteiger partial charge in [0.05, 0.1) is 24.9 Å². The minimum absolute atomic E-state index is 0.141. The summed E-state index contributed by atoms with van der Waals surface area (Å²) in [6.07, 6.45) is 0. The molecule has 0 amide bonds. The third kappa shape index (κ3) is 4.86. The summed E-state index contributed by atoms with van der Waals surface area (Å²) < 4.78 is 19.4. The molecule has 6 nitrogen and oxygen atoms in total. The molecule has 0 aliphatic carbocycles. The number of nitrogens with zero attached hydrogens (tertiary/aromatic N) is 2. The molecule has 8 heteroatoms. The van der Waals surface area contributed by atoms with E-state index in [9.17, 15) is 9.18 Å². The van der Waals surface area contributed by atoms with Crippen molar-refractivity contribution in [2.45, 2.75) is 26.4 Å². The molecule has 1 aliphatic heterocycles. The van der Waals surface area contributed by atoms with E-state index in [1.54, 1.807) is 12.1 Å². The molecule has 27 heavy (non-hydrogen) atoms. The fourth-order valence-corrected chi connectivity index (χ4v) is 3.37. The zero-order valence-corrected chi connectivity index (χ0v) is 16.2. The topological polar surface area (TPSA) is 70.2 Å². The second-order valence-electron chi connectivity index (χ2n) is 6.90. The molecule has 1 fully saturated rings. The van der Waals surface area contributed by atoms with Crippen LogP contribution in [0.2, 0.25) is 5.02 Å². The number of aromatic nitrogens is 2. The van der Waals surface area contributed by atoms with Crippen molar-refractivity contribution < 1.29 is 9.13 Å². The van der Waals surface area contributed by atoms with Crippen molar-refractivity contribution in [1.82, 2.24) is 15.3 Å². The van der Waals surface area contributed by atoms with Crippen LogP contribution in [0.1, 0.15) is 31.1 Å². The van der Waals surface area contributed by atoms with E-state index < -0.39 is 0 Å². The van der Waals surface area contributed by atoms with Crippen molar-refractivity contribution in [3.63, 3.8) is 0 Å². The van der Waals surface area contributed by atoms with E-state index in [0.717, 1.165) is 0 Å². The Labute approximate surface area is 162 Å². The molecule has 1 aromatic heterocycles. The maximum atomic E-state index is 14.1. The van der Waals surface area contributed by atoms with Gasteiger partial charge < -0.3 is 15.0 Å².